The number of nitro groups is 3. The molecule has 0 fully saturated rings. The van der Waals surface area contributed by atoms with Gasteiger partial charge in [-0.3, -0.25) is 30.3 Å². The summed E-state index contributed by atoms with van der Waals surface area (Å²) in [4.78, 5) is 29.1. The maximum Gasteiger partial charge on any atom is 0.279 e. The highest BCUT2D eigenvalue weighted by molar-refractivity contribution is 5.42. The van der Waals surface area contributed by atoms with Crippen LogP contribution >= 0.6 is 0 Å². The van der Waals surface area contributed by atoms with Crippen LogP contribution in [-0.2, 0) is 13.1 Å². The van der Waals surface area contributed by atoms with Crippen molar-refractivity contribution in [1.82, 2.24) is 0 Å². The molecule has 0 saturated carbocycles. The minimum absolute atomic E-state index is 0.0768. The third-order valence-corrected chi connectivity index (χ3v) is 1.96. The first-order valence-corrected chi connectivity index (χ1v) is 4.40. The molecule has 1 aromatic rings. The molecule has 9 nitrogen and oxygen atoms in total. The zero-order chi connectivity index (χ0) is 13.0. The number of benzene rings is 1. The summed E-state index contributed by atoms with van der Waals surface area (Å²) in [6, 6.07) is 3.43. The van der Waals surface area contributed by atoms with Gasteiger partial charge in [-0.2, -0.15) is 0 Å². The SMILES string of the molecule is O=[N+]([O-])Cc1ccc(C[N+](=O)[O-])c([N+](=O)[O-])c1. The summed E-state index contributed by atoms with van der Waals surface area (Å²) in [6.45, 7) is -1.24. The number of nitrogens with zero attached hydrogens (tertiary/aromatic N) is 3. The Balaban J connectivity index is 3.12. The Bertz CT molecular complexity index is 486. The lowest BCUT2D eigenvalue weighted by Crippen LogP contribution is -2.05. The zero-order valence-corrected chi connectivity index (χ0v) is 8.44. The van der Waals surface area contributed by atoms with Crippen molar-refractivity contribution in [3.8, 4) is 0 Å². The first kappa shape index (κ1) is 12.5. The lowest BCUT2D eigenvalue weighted by Gasteiger charge is -2.00. The number of hydrogen-bond acceptors (Lipinski definition) is 6. The summed E-state index contributed by atoms with van der Waals surface area (Å²) in [7, 11) is 0. The van der Waals surface area contributed by atoms with Gasteiger partial charge in [0.25, 0.3) is 5.69 Å². The Kier molecular flexibility index (Phi) is 3.65. The number of rotatable bonds is 5. The molecule has 0 aliphatic heterocycles. The molecule has 0 radical (unpaired) electrons. The number of nitro benzene ring substituents is 1. The maximum absolute atomic E-state index is 10.7. The molecule has 0 spiro atoms. The third kappa shape index (κ3) is 3.48. The zero-order valence-electron chi connectivity index (χ0n) is 8.44. The van der Waals surface area contributed by atoms with Crippen molar-refractivity contribution in [2.45, 2.75) is 13.1 Å². The van der Waals surface area contributed by atoms with Crippen molar-refractivity contribution < 1.29 is 14.8 Å². The molecule has 0 aliphatic carbocycles. The van der Waals surface area contributed by atoms with E-state index < -0.39 is 33.5 Å². The third-order valence-electron chi connectivity index (χ3n) is 1.96. The first-order valence-electron chi connectivity index (χ1n) is 4.40. The lowest BCUT2D eigenvalue weighted by atomic mass is 10.1. The van der Waals surface area contributed by atoms with Gasteiger partial charge in [-0.25, -0.2) is 0 Å². The second-order valence-corrected chi connectivity index (χ2v) is 3.20. The standard InChI is InChI=1S/C8H7N3O6/c12-9(13)4-6-1-2-7(5-10(14)15)8(3-6)11(16)17/h1-3H,4-5H2. The van der Waals surface area contributed by atoms with E-state index in [-0.39, 0.29) is 11.1 Å². The van der Waals surface area contributed by atoms with Gasteiger partial charge in [-0.1, -0.05) is 6.07 Å². The van der Waals surface area contributed by atoms with Crippen molar-refractivity contribution in [1.29, 1.82) is 0 Å². The van der Waals surface area contributed by atoms with Gasteiger partial charge in [0, 0.05) is 21.5 Å². The molecular weight excluding hydrogens is 234 g/mol. The summed E-state index contributed by atoms with van der Waals surface area (Å²) in [5.41, 5.74) is -0.415. The van der Waals surface area contributed by atoms with Gasteiger partial charge in [0.2, 0.25) is 13.1 Å². The highest BCUT2D eigenvalue weighted by atomic mass is 16.6. The fourth-order valence-electron chi connectivity index (χ4n) is 1.30. The molecule has 1 rings (SSSR count). The predicted molar refractivity (Wildman–Crippen MR) is 54.5 cm³/mol. The second-order valence-electron chi connectivity index (χ2n) is 3.20. The molecular formula is C8H7N3O6. The summed E-state index contributed by atoms with van der Waals surface area (Å²) in [5.74, 6) is 0. The molecule has 0 unspecified atom stereocenters. The Morgan fingerprint density at radius 1 is 0.941 bits per heavy atom. The van der Waals surface area contributed by atoms with E-state index >= 15 is 0 Å². The smallest absolute Gasteiger partial charge is 0.264 e. The summed E-state index contributed by atoms with van der Waals surface area (Å²) in [5, 5.41) is 31.2. The largest absolute Gasteiger partial charge is 0.279 e. The summed E-state index contributed by atoms with van der Waals surface area (Å²) in [6.07, 6.45) is 0. The fourth-order valence-corrected chi connectivity index (χ4v) is 1.30. The molecule has 0 heterocycles. The van der Waals surface area contributed by atoms with Gasteiger partial charge < -0.3 is 0 Å². The van der Waals surface area contributed by atoms with E-state index in [1.807, 2.05) is 0 Å². The molecule has 9 heteroatoms. The van der Waals surface area contributed by atoms with Crippen molar-refractivity contribution in [2.75, 3.05) is 0 Å². The van der Waals surface area contributed by atoms with Crippen LogP contribution in [0.5, 0.6) is 0 Å². The first-order chi connectivity index (χ1) is 7.90. The summed E-state index contributed by atoms with van der Waals surface area (Å²) < 4.78 is 0. The Hall–Kier alpha value is -2.58. The lowest BCUT2D eigenvalue weighted by molar-refractivity contribution is -0.499. The van der Waals surface area contributed by atoms with Gasteiger partial charge in [-0.15, -0.1) is 0 Å². The maximum atomic E-state index is 10.7. The molecule has 0 atom stereocenters. The van der Waals surface area contributed by atoms with E-state index in [0.717, 1.165) is 6.07 Å². The van der Waals surface area contributed by atoms with Crippen LogP contribution in [0, 0.1) is 30.3 Å². The summed E-state index contributed by atoms with van der Waals surface area (Å²) >= 11 is 0. The van der Waals surface area contributed by atoms with E-state index in [4.69, 9.17) is 0 Å². The number of hydrogen-bond donors (Lipinski definition) is 0. The predicted octanol–water partition coefficient (Wildman–Crippen LogP) is 1.15. The Labute approximate surface area is 94.1 Å². The molecule has 0 bridgehead atoms. The Morgan fingerprint density at radius 3 is 2.00 bits per heavy atom. The van der Waals surface area contributed by atoms with Crippen molar-refractivity contribution in [2.24, 2.45) is 0 Å². The van der Waals surface area contributed by atoms with Gasteiger partial charge in [0.05, 0.1) is 10.5 Å². The van der Waals surface area contributed by atoms with Crippen molar-refractivity contribution in [3.05, 3.63) is 59.7 Å². The monoisotopic (exact) mass is 241 g/mol. The fraction of sp³-hybridized carbons (Fsp3) is 0.250. The molecule has 0 aliphatic rings. The van der Waals surface area contributed by atoms with Crippen LogP contribution in [0.2, 0.25) is 0 Å². The quantitative estimate of drug-likeness (QED) is 0.561. The van der Waals surface area contributed by atoms with E-state index in [9.17, 15) is 30.3 Å². The average Bonchev–Trinajstić information content (AvgIpc) is 2.18. The molecule has 0 N–H and O–H groups in total. The average molecular weight is 241 g/mol. The topological polar surface area (TPSA) is 129 Å². The van der Waals surface area contributed by atoms with Gasteiger partial charge in [-0.05, 0) is 6.07 Å². The minimum atomic E-state index is -0.789. The molecule has 0 amide bonds. The van der Waals surface area contributed by atoms with Crippen LogP contribution in [0.25, 0.3) is 0 Å². The van der Waals surface area contributed by atoms with Crippen LogP contribution < -0.4 is 0 Å². The molecule has 90 valence electrons. The highest BCUT2D eigenvalue weighted by Crippen LogP contribution is 2.21. The van der Waals surface area contributed by atoms with Crippen LogP contribution in [-0.4, -0.2) is 14.8 Å². The van der Waals surface area contributed by atoms with Crippen LogP contribution in [0.1, 0.15) is 11.1 Å². The van der Waals surface area contributed by atoms with E-state index in [2.05, 4.69) is 0 Å². The van der Waals surface area contributed by atoms with Crippen LogP contribution in [0.3, 0.4) is 0 Å². The van der Waals surface area contributed by atoms with Crippen LogP contribution in [0.15, 0.2) is 18.2 Å². The van der Waals surface area contributed by atoms with Gasteiger partial charge >= 0.3 is 0 Å². The molecule has 0 saturated heterocycles. The second kappa shape index (κ2) is 4.96. The van der Waals surface area contributed by atoms with Crippen molar-refractivity contribution >= 4 is 5.69 Å². The normalized spacial score (nSPS) is 9.88. The highest BCUT2D eigenvalue weighted by Gasteiger charge is 2.19. The van der Waals surface area contributed by atoms with Crippen molar-refractivity contribution in [3.63, 3.8) is 0 Å². The van der Waals surface area contributed by atoms with Gasteiger partial charge in [0.15, 0.2) is 0 Å². The van der Waals surface area contributed by atoms with Crippen LogP contribution in [0.4, 0.5) is 5.69 Å². The molecule has 1 aromatic carbocycles. The van der Waals surface area contributed by atoms with E-state index in [1.165, 1.54) is 12.1 Å². The van der Waals surface area contributed by atoms with E-state index in [1.54, 1.807) is 0 Å². The van der Waals surface area contributed by atoms with E-state index in [0.29, 0.717) is 0 Å². The molecule has 0 aromatic heterocycles. The minimum Gasteiger partial charge on any atom is -0.264 e. The Morgan fingerprint density at radius 2 is 1.53 bits per heavy atom. The van der Waals surface area contributed by atoms with Gasteiger partial charge in [0.1, 0.15) is 0 Å². The molecule has 17 heavy (non-hydrogen) atoms.